The van der Waals surface area contributed by atoms with Gasteiger partial charge in [0.25, 0.3) is 5.91 Å². The quantitative estimate of drug-likeness (QED) is 0.810. The van der Waals surface area contributed by atoms with Crippen molar-refractivity contribution in [3.05, 3.63) is 17.5 Å². The maximum atomic E-state index is 11.9. The van der Waals surface area contributed by atoms with Crippen molar-refractivity contribution in [2.45, 2.75) is 39.2 Å². The molecule has 0 aliphatic heterocycles. The van der Waals surface area contributed by atoms with Crippen LogP contribution in [0.2, 0.25) is 0 Å². The molecule has 0 unspecified atom stereocenters. The number of aryl methyl sites for hydroxylation is 1. The van der Waals surface area contributed by atoms with Crippen LogP contribution < -0.4 is 5.32 Å². The second-order valence-electron chi connectivity index (χ2n) is 3.87. The van der Waals surface area contributed by atoms with Crippen LogP contribution in [-0.2, 0) is 0 Å². The zero-order chi connectivity index (χ0) is 12.2. The fourth-order valence-electron chi connectivity index (χ4n) is 1.47. The molecule has 0 atom stereocenters. The molecule has 1 N–H and O–H groups in total. The first-order valence-corrected chi connectivity index (χ1v) is 5.91. The van der Waals surface area contributed by atoms with Gasteiger partial charge in [-0.05, 0) is 19.8 Å². The first kappa shape index (κ1) is 13.0. The highest BCUT2D eigenvalue weighted by Gasteiger charge is 2.28. The molecule has 0 fully saturated rings. The Kier molecular flexibility index (Phi) is 4.35. The van der Waals surface area contributed by atoms with Gasteiger partial charge < -0.3 is 9.84 Å². The molecule has 0 aromatic carbocycles. The number of hydrogen-bond donors (Lipinski definition) is 1. The van der Waals surface area contributed by atoms with Gasteiger partial charge in [0.05, 0.1) is 11.7 Å². The zero-order valence-corrected chi connectivity index (χ0v) is 10.6. The second kappa shape index (κ2) is 5.34. The van der Waals surface area contributed by atoms with E-state index in [-0.39, 0.29) is 11.4 Å². The van der Waals surface area contributed by atoms with Crippen molar-refractivity contribution in [2.75, 3.05) is 5.88 Å². The van der Waals surface area contributed by atoms with Crippen molar-refractivity contribution in [1.29, 1.82) is 0 Å². The minimum Gasteiger partial charge on any atom is -0.361 e. The third-order valence-corrected chi connectivity index (χ3v) is 3.50. The summed E-state index contributed by atoms with van der Waals surface area (Å²) in [7, 11) is 0. The van der Waals surface area contributed by atoms with E-state index in [9.17, 15) is 4.79 Å². The lowest BCUT2D eigenvalue weighted by atomic mass is 9.95. The summed E-state index contributed by atoms with van der Waals surface area (Å²) < 4.78 is 4.86. The van der Waals surface area contributed by atoms with Crippen molar-refractivity contribution in [3.8, 4) is 0 Å². The fourth-order valence-corrected chi connectivity index (χ4v) is 1.92. The van der Waals surface area contributed by atoms with Gasteiger partial charge in [-0.15, -0.1) is 11.6 Å². The number of carbonyl (C=O) groups is 1. The van der Waals surface area contributed by atoms with Crippen LogP contribution in [0.1, 0.15) is 42.8 Å². The summed E-state index contributed by atoms with van der Waals surface area (Å²) >= 11 is 5.92. The molecule has 4 nitrogen and oxygen atoms in total. The van der Waals surface area contributed by atoms with E-state index in [0.29, 0.717) is 17.2 Å². The third-order valence-electron chi connectivity index (χ3n) is 2.98. The molecule has 5 heteroatoms. The zero-order valence-electron chi connectivity index (χ0n) is 9.84. The molecule has 0 saturated heterocycles. The van der Waals surface area contributed by atoms with Crippen molar-refractivity contribution >= 4 is 17.5 Å². The predicted octanol–water partition coefficient (Wildman–Crippen LogP) is 2.51. The maximum Gasteiger partial charge on any atom is 0.256 e. The lowest BCUT2D eigenvalue weighted by Gasteiger charge is -2.30. The Bertz CT molecular complexity index is 350. The summed E-state index contributed by atoms with van der Waals surface area (Å²) in [6.07, 6.45) is 3.01. The fraction of sp³-hybridized carbons (Fsp3) is 0.636. The summed E-state index contributed by atoms with van der Waals surface area (Å²) in [6.45, 7) is 5.72. The summed E-state index contributed by atoms with van der Waals surface area (Å²) in [4.78, 5) is 11.9. The molecule has 1 rings (SSSR count). The summed E-state index contributed by atoms with van der Waals surface area (Å²) in [5, 5.41) is 6.53. The Morgan fingerprint density at radius 2 is 2.19 bits per heavy atom. The van der Waals surface area contributed by atoms with Crippen molar-refractivity contribution in [2.24, 2.45) is 0 Å². The summed E-state index contributed by atoms with van der Waals surface area (Å²) in [5.41, 5.74) is 0.124. The first-order valence-electron chi connectivity index (χ1n) is 5.38. The van der Waals surface area contributed by atoms with Crippen LogP contribution in [0.15, 0.2) is 10.7 Å². The number of alkyl halides is 1. The van der Waals surface area contributed by atoms with Gasteiger partial charge in [0, 0.05) is 5.88 Å². The lowest BCUT2D eigenvalue weighted by Crippen LogP contribution is -2.49. The average molecular weight is 245 g/mol. The number of nitrogens with zero attached hydrogens (tertiary/aromatic N) is 1. The Morgan fingerprint density at radius 3 is 2.56 bits per heavy atom. The summed E-state index contributed by atoms with van der Waals surface area (Å²) in [5.74, 6) is 0.743. The van der Waals surface area contributed by atoms with E-state index in [2.05, 4.69) is 10.5 Å². The molecule has 0 aliphatic rings. The van der Waals surface area contributed by atoms with E-state index in [1.165, 1.54) is 6.20 Å². The molecule has 16 heavy (non-hydrogen) atoms. The molecule has 1 aromatic heterocycles. The van der Waals surface area contributed by atoms with Crippen LogP contribution in [0.3, 0.4) is 0 Å². The van der Waals surface area contributed by atoms with Gasteiger partial charge in [-0.25, -0.2) is 0 Å². The van der Waals surface area contributed by atoms with E-state index in [0.717, 1.165) is 12.8 Å². The molecule has 0 aliphatic carbocycles. The van der Waals surface area contributed by atoms with E-state index < -0.39 is 0 Å². The number of carbonyl (C=O) groups excluding carboxylic acids is 1. The van der Waals surface area contributed by atoms with E-state index in [1.807, 2.05) is 13.8 Å². The standard InChI is InChI=1S/C11H17ClN2O2/c1-4-11(5-2,7-12)14-10(15)9-6-13-16-8(9)3/h6H,4-5,7H2,1-3H3,(H,14,15). The maximum absolute atomic E-state index is 11.9. The second-order valence-corrected chi connectivity index (χ2v) is 4.14. The van der Waals surface area contributed by atoms with Gasteiger partial charge in [0.1, 0.15) is 11.3 Å². The normalized spacial score (nSPS) is 11.5. The van der Waals surface area contributed by atoms with Crippen LogP contribution in [0.5, 0.6) is 0 Å². The molecule has 90 valence electrons. The van der Waals surface area contributed by atoms with Gasteiger partial charge in [-0.2, -0.15) is 0 Å². The molecule has 0 spiro atoms. The van der Waals surface area contributed by atoms with Gasteiger partial charge >= 0.3 is 0 Å². The average Bonchev–Trinajstić information content (AvgIpc) is 2.72. The highest BCUT2D eigenvalue weighted by molar-refractivity contribution is 6.19. The molecule has 1 aromatic rings. The predicted molar refractivity (Wildman–Crippen MR) is 62.7 cm³/mol. The molecule has 0 saturated carbocycles. The SMILES string of the molecule is CCC(CC)(CCl)NC(=O)c1cnoc1C. The van der Waals surface area contributed by atoms with Crippen LogP contribution >= 0.6 is 11.6 Å². The summed E-state index contributed by atoms with van der Waals surface area (Å²) in [6, 6.07) is 0. The van der Waals surface area contributed by atoms with E-state index in [4.69, 9.17) is 16.1 Å². The Morgan fingerprint density at radius 1 is 1.56 bits per heavy atom. The highest BCUT2D eigenvalue weighted by Crippen LogP contribution is 2.18. The van der Waals surface area contributed by atoms with Gasteiger partial charge in [-0.1, -0.05) is 19.0 Å². The van der Waals surface area contributed by atoms with Crippen LogP contribution in [0.25, 0.3) is 0 Å². The van der Waals surface area contributed by atoms with Crippen molar-refractivity contribution in [1.82, 2.24) is 10.5 Å². The molecular formula is C11H17ClN2O2. The molecule has 0 radical (unpaired) electrons. The Hall–Kier alpha value is -1.03. The number of aromatic nitrogens is 1. The van der Waals surface area contributed by atoms with Gasteiger partial charge in [0.15, 0.2) is 0 Å². The minimum absolute atomic E-state index is 0.178. The van der Waals surface area contributed by atoms with E-state index >= 15 is 0 Å². The Labute approximate surface area is 100 Å². The smallest absolute Gasteiger partial charge is 0.256 e. The van der Waals surface area contributed by atoms with Crippen molar-refractivity contribution < 1.29 is 9.32 Å². The minimum atomic E-state index is -0.345. The van der Waals surface area contributed by atoms with Gasteiger partial charge in [-0.3, -0.25) is 4.79 Å². The highest BCUT2D eigenvalue weighted by atomic mass is 35.5. The van der Waals surface area contributed by atoms with Crippen LogP contribution in [0.4, 0.5) is 0 Å². The number of rotatable bonds is 5. The monoisotopic (exact) mass is 244 g/mol. The lowest BCUT2D eigenvalue weighted by molar-refractivity contribution is 0.0901. The Balaban J connectivity index is 2.81. The topological polar surface area (TPSA) is 55.1 Å². The largest absolute Gasteiger partial charge is 0.361 e. The molecule has 0 bridgehead atoms. The molecular weight excluding hydrogens is 228 g/mol. The van der Waals surface area contributed by atoms with Gasteiger partial charge in [0.2, 0.25) is 0 Å². The molecule has 1 heterocycles. The first-order chi connectivity index (χ1) is 7.58. The van der Waals surface area contributed by atoms with Crippen LogP contribution in [0, 0.1) is 6.92 Å². The van der Waals surface area contributed by atoms with E-state index in [1.54, 1.807) is 6.92 Å². The molecule has 1 amide bonds. The third kappa shape index (κ3) is 2.55. The number of halogens is 1. The van der Waals surface area contributed by atoms with Crippen molar-refractivity contribution in [3.63, 3.8) is 0 Å². The number of hydrogen-bond acceptors (Lipinski definition) is 3. The number of amides is 1. The number of nitrogens with one attached hydrogen (secondary N) is 1. The van der Waals surface area contributed by atoms with Crippen LogP contribution in [-0.4, -0.2) is 22.5 Å².